The van der Waals surface area contributed by atoms with Crippen LogP contribution in [0.5, 0.6) is 0 Å². The Labute approximate surface area is 243 Å². The number of aliphatic hydroxyl groups is 2. The lowest BCUT2D eigenvalue weighted by Crippen LogP contribution is -2.57. The van der Waals surface area contributed by atoms with Crippen molar-refractivity contribution >= 4 is 22.7 Å². The molecule has 0 aliphatic carbocycles. The normalized spacial score (nSPS) is 23.6. The fourth-order valence-corrected chi connectivity index (χ4v) is 5.77. The zero-order chi connectivity index (χ0) is 30.1. The molecule has 4 atom stereocenters. The van der Waals surface area contributed by atoms with E-state index in [1.807, 2.05) is 39.8 Å². The van der Waals surface area contributed by atoms with Gasteiger partial charge in [-0.05, 0) is 56.2 Å². The van der Waals surface area contributed by atoms with Crippen LogP contribution in [0.3, 0.4) is 0 Å². The summed E-state index contributed by atoms with van der Waals surface area (Å²) in [5.41, 5.74) is 3.62. The predicted molar refractivity (Wildman–Crippen MR) is 158 cm³/mol. The van der Waals surface area contributed by atoms with Crippen LogP contribution in [0.15, 0.2) is 18.2 Å². The number of fused-ring (bicyclic) bond motifs is 1. The Morgan fingerprint density at radius 3 is 2.56 bits per heavy atom. The molecule has 1 aromatic heterocycles. The lowest BCUT2D eigenvalue weighted by molar-refractivity contribution is -0.152. The predicted octanol–water partition coefficient (Wildman–Crippen LogP) is 2.92. The number of nitrogens with zero attached hydrogens (tertiary/aromatic N) is 2. The topological polar surface area (TPSA) is 125 Å². The molecule has 3 rings (SSSR count). The van der Waals surface area contributed by atoms with Crippen molar-refractivity contribution < 1.29 is 34.0 Å². The Bertz CT molecular complexity index is 1130. The molecule has 10 heteroatoms. The van der Waals surface area contributed by atoms with Gasteiger partial charge in [-0.25, -0.2) is 0 Å². The molecule has 0 spiro atoms. The number of ether oxygens (including phenoxy) is 3. The van der Waals surface area contributed by atoms with Gasteiger partial charge < -0.3 is 39.2 Å². The van der Waals surface area contributed by atoms with Crippen molar-refractivity contribution in [2.24, 2.45) is 5.92 Å². The number of amides is 2. The van der Waals surface area contributed by atoms with Crippen molar-refractivity contribution in [3.8, 4) is 0 Å². The Kier molecular flexibility index (Phi) is 12.6. The number of aromatic nitrogens is 1. The first-order valence-electron chi connectivity index (χ1n) is 14.8. The van der Waals surface area contributed by atoms with E-state index in [1.165, 1.54) is 14.2 Å². The van der Waals surface area contributed by atoms with Crippen LogP contribution in [0.25, 0.3) is 10.9 Å². The fraction of sp³-hybridized carbons (Fsp3) is 0.677. The molecular formula is C31H49N3O7. The Morgan fingerprint density at radius 2 is 1.90 bits per heavy atom. The van der Waals surface area contributed by atoms with Crippen molar-refractivity contribution in [2.45, 2.75) is 77.7 Å². The van der Waals surface area contributed by atoms with Crippen LogP contribution in [-0.4, -0.2) is 115 Å². The minimum absolute atomic E-state index is 0.0571. The smallest absolute Gasteiger partial charge is 0.270 e. The molecule has 1 aromatic carbocycles. The molecule has 2 heterocycles. The average Bonchev–Trinajstić information content (AvgIpc) is 3.30. The molecule has 1 fully saturated rings. The number of carbonyl (C=O) groups excluding carboxylic acids is 2. The number of hydrogen-bond acceptors (Lipinski definition) is 7. The molecule has 2 aromatic rings. The van der Waals surface area contributed by atoms with Gasteiger partial charge in [0.2, 0.25) is 5.91 Å². The number of carbonyl (C=O) groups is 2. The number of methoxy groups -OCH3 is 2. The number of aliphatic hydroxyl groups excluding tert-OH is 2. The first kappa shape index (κ1) is 33.0. The first-order valence-corrected chi connectivity index (χ1v) is 14.8. The van der Waals surface area contributed by atoms with Crippen LogP contribution in [0.1, 0.15) is 61.6 Å². The summed E-state index contributed by atoms with van der Waals surface area (Å²) in [5, 5.41) is 22.9. The van der Waals surface area contributed by atoms with Gasteiger partial charge in [-0.2, -0.15) is 0 Å². The fourth-order valence-electron chi connectivity index (χ4n) is 5.77. The van der Waals surface area contributed by atoms with Crippen molar-refractivity contribution in [3.05, 3.63) is 35.0 Å². The second-order valence-corrected chi connectivity index (χ2v) is 11.4. The number of rotatable bonds is 7. The zero-order valence-corrected chi connectivity index (χ0v) is 25.5. The SMILES string of the molecule is CCc1c(C(=O)N2CCCCOC[C@H](O)[C@H](O)[C@@H](OC)[C@H](CC(C)C)N(C(=O)COC)CC2)[nH]c2ccc(C)cc12. The highest BCUT2D eigenvalue weighted by atomic mass is 16.5. The number of aryl methyl sites for hydroxylation is 2. The highest BCUT2D eigenvalue weighted by Gasteiger charge is 2.39. The molecule has 0 saturated carbocycles. The zero-order valence-electron chi connectivity index (χ0n) is 25.5. The molecule has 1 aliphatic rings. The van der Waals surface area contributed by atoms with Crippen molar-refractivity contribution in [3.63, 3.8) is 0 Å². The van der Waals surface area contributed by atoms with Crippen LogP contribution < -0.4 is 0 Å². The second kappa shape index (κ2) is 15.7. The molecule has 0 unspecified atom stereocenters. The molecular weight excluding hydrogens is 526 g/mol. The van der Waals surface area contributed by atoms with Crippen molar-refractivity contribution in [1.29, 1.82) is 0 Å². The minimum Gasteiger partial charge on any atom is -0.388 e. The Hall–Kier alpha value is -2.50. The third-order valence-electron chi connectivity index (χ3n) is 7.87. The van der Waals surface area contributed by atoms with E-state index in [-0.39, 0.29) is 44.0 Å². The summed E-state index contributed by atoms with van der Waals surface area (Å²) in [4.78, 5) is 34.3. The molecule has 1 saturated heterocycles. The number of nitrogens with one attached hydrogen (secondary N) is 1. The first-order chi connectivity index (χ1) is 19.6. The second-order valence-electron chi connectivity index (χ2n) is 11.4. The van der Waals surface area contributed by atoms with Crippen LogP contribution >= 0.6 is 0 Å². The third kappa shape index (κ3) is 8.29. The molecule has 230 valence electrons. The number of benzene rings is 1. The molecule has 2 amide bonds. The van der Waals surface area contributed by atoms with Crippen LogP contribution in [0.4, 0.5) is 0 Å². The van der Waals surface area contributed by atoms with Gasteiger partial charge >= 0.3 is 0 Å². The summed E-state index contributed by atoms with van der Waals surface area (Å²) in [7, 11) is 2.93. The summed E-state index contributed by atoms with van der Waals surface area (Å²) in [6.07, 6.45) is -0.724. The van der Waals surface area contributed by atoms with E-state index in [0.717, 1.165) is 22.0 Å². The Balaban J connectivity index is 2.01. The van der Waals surface area contributed by atoms with E-state index in [4.69, 9.17) is 14.2 Å². The summed E-state index contributed by atoms with van der Waals surface area (Å²) >= 11 is 0. The summed E-state index contributed by atoms with van der Waals surface area (Å²) in [6.45, 7) is 9.34. The monoisotopic (exact) mass is 575 g/mol. The molecule has 10 nitrogen and oxygen atoms in total. The maximum atomic E-state index is 14.1. The molecule has 1 aliphatic heterocycles. The van der Waals surface area contributed by atoms with E-state index >= 15 is 0 Å². The number of hydrogen-bond donors (Lipinski definition) is 3. The average molecular weight is 576 g/mol. The summed E-state index contributed by atoms with van der Waals surface area (Å²) < 4.78 is 16.6. The third-order valence-corrected chi connectivity index (χ3v) is 7.87. The van der Waals surface area contributed by atoms with Gasteiger partial charge in [-0.3, -0.25) is 9.59 Å². The molecule has 0 radical (unpaired) electrons. The summed E-state index contributed by atoms with van der Waals surface area (Å²) in [5.74, 6) is -0.218. The largest absolute Gasteiger partial charge is 0.388 e. The van der Waals surface area contributed by atoms with Crippen LogP contribution in [0, 0.1) is 12.8 Å². The van der Waals surface area contributed by atoms with Gasteiger partial charge in [0.05, 0.1) is 12.6 Å². The minimum atomic E-state index is -1.27. The number of aromatic amines is 1. The maximum Gasteiger partial charge on any atom is 0.270 e. The lowest BCUT2D eigenvalue weighted by atomic mass is 9.92. The van der Waals surface area contributed by atoms with E-state index in [9.17, 15) is 19.8 Å². The standard InChI is InChI=1S/C31H49N3O7/c1-7-22-23-17-21(4)10-11-24(23)32-28(22)31(38)33-12-8-9-15-41-18-26(35)29(37)30(40-6)25(16-20(2)3)34(14-13-33)27(36)19-39-5/h10-11,17,20,25-26,29-30,32,35,37H,7-9,12-16,18-19H2,1-6H3/t25-,26-,29-,30-/m0/s1. The van der Waals surface area contributed by atoms with Gasteiger partial charge in [-0.15, -0.1) is 0 Å². The molecule has 41 heavy (non-hydrogen) atoms. The van der Waals surface area contributed by atoms with E-state index in [2.05, 4.69) is 11.1 Å². The van der Waals surface area contributed by atoms with Gasteiger partial charge in [0.25, 0.3) is 5.91 Å². The maximum absolute atomic E-state index is 14.1. The van der Waals surface area contributed by atoms with E-state index < -0.39 is 24.4 Å². The van der Waals surface area contributed by atoms with Crippen molar-refractivity contribution in [1.82, 2.24) is 14.8 Å². The molecule has 3 N–H and O–H groups in total. The van der Waals surface area contributed by atoms with E-state index in [1.54, 1.807) is 9.80 Å². The Morgan fingerprint density at radius 1 is 1.15 bits per heavy atom. The van der Waals surface area contributed by atoms with Gasteiger partial charge in [0, 0.05) is 51.4 Å². The summed E-state index contributed by atoms with van der Waals surface area (Å²) in [6, 6.07) is 5.58. The van der Waals surface area contributed by atoms with E-state index in [0.29, 0.717) is 44.5 Å². The van der Waals surface area contributed by atoms with Gasteiger partial charge in [0.15, 0.2) is 0 Å². The van der Waals surface area contributed by atoms with Gasteiger partial charge in [0.1, 0.15) is 30.6 Å². The highest BCUT2D eigenvalue weighted by Crippen LogP contribution is 2.26. The van der Waals surface area contributed by atoms with Crippen LogP contribution in [-0.2, 0) is 25.4 Å². The van der Waals surface area contributed by atoms with Crippen LogP contribution in [0.2, 0.25) is 0 Å². The van der Waals surface area contributed by atoms with Crippen molar-refractivity contribution in [2.75, 3.05) is 53.7 Å². The quantitative estimate of drug-likeness (QED) is 0.464. The van der Waals surface area contributed by atoms with Gasteiger partial charge in [-0.1, -0.05) is 32.4 Å². The highest BCUT2D eigenvalue weighted by molar-refractivity contribution is 6.01. The molecule has 0 bridgehead atoms. The number of H-pyrrole nitrogens is 1. The lowest BCUT2D eigenvalue weighted by Gasteiger charge is -2.41.